The van der Waals surface area contributed by atoms with E-state index in [9.17, 15) is 13.2 Å². The molecule has 0 spiro atoms. The van der Waals surface area contributed by atoms with E-state index in [1.54, 1.807) is 36.2 Å². The smallest absolute Gasteiger partial charge is 0.243 e. The van der Waals surface area contributed by atoms with Crippen molar-refractivity contribution in [2.24, 2.45) is 5.92 Å². The Kier molecular flexibility index (Phi) is 6.57. The van der Waals surface area contributed by atoms with Gasteiger partial charge in [-0.25, -0.2) is 8.42 Å². The van der Waals surface area contributed by atoms with Crippen LogP contribution in [0.1, 0.15) is 25.3 Å². The van der Waals surface area contributed by atoms with Gasteiger partial charge >= 0.3 is 0 Å². The third kappa shape index (κ3) is 4.68. The second kappa shape index (κ2) is 9.38. The third-order valence-electron chi connectivity index (χ3n) is 5.81. The number of ether oxygens (including phenoxy) is 3. The first kappa shape index (κ1) is 22.4. The number of sulfonamides is 1. The molecule has 9 heteroatoms. The molecular weight excluding hydrogens is 432 g/mol. The number of benzene rings is 2. The van der Waals surface area contributed by atoms with E-state index in [1.807, 2.05) is 25.1 Å². The number of nitrogens with zero attached hydrogens (tertiary/aromatic N) is 2. The van der Waals surface area contributed by atoms with Gasteiger partial charge in [-0.15, -0.1) is 0 Å². The molecule has 4 rings (SSSR count). The van der Waals surface area contributed by atoms with E-state index in [0.29, 0.717) is 56.3 Å². The van der Waals surface area contributed by atoms with Crippen molar-refractivity contribution in [3.8, 4) is 17.2 Å². The second-order valence-electron chi connectivity index (χ2n) is 7.96. The molecule has 32 heavy (non-hydrogen) atoms. The average Bonchev–Trinajstić information content (AvgIpc) is 3.27. The van der Waals surface area contributed by atoms with Gasteiger partial charge in [0.1, 0.15) is 5.75 Å². The van der Waals surface area contributed by atoms with Gasteiger partial charge in [-0.05, 0) is 61.7 Å². The highest BCUT2D eigenvalue weighted by molar-refractivity contribution is 7.89. The highest BCUT2D eigenvalue weighted by Crippen LogP contribution is 2.33. The minimum atomic E-state index is -3.59. The molecule has 2 aromatic rings. The molecule has 0 aliphatic carbocycles. The largest absolute Gasteiger partial charge is 0.494 e. The standard InChI is InChI=1S/C23H28N2O6S/c1-3-29-19-5-7-20(8-6-19)32(27,28)25-12-10-18(11-13-25)23(26)24(2)15-17-4-9-21-22(14-17)31-16-30-21/h4-9,14,18H,3,10-13,15-16H2,1-2H3. The number of carbonyl (C=O) groups is 1. The Hall–Kier alpha value is -2.78. The number of hydrogen-bond donors (Lipinski definition) is 0. The molecule has 0 aromatic heterocycles. The van der Waals surface area contributed by atoms with Crippen LogP contribution in [0.2, 0.25) is 0 Å². The van der Waals surface area contributed by atoms with Gasteiger partial charge in [0.15, 0.2) is 11.5 Å². The summed E-state index contributed by atoms with van der Waals surface area (Å²) in [6, 6.07) is 12.1. The average molecular weight is 461 g/mol. The molecule has 0 N–H and O–H groups in total. The molecule has 2 aliphatic heterocycles. The topological polar surface area (TPSA) is 85.4 Å². The predicted octanol–water partition coefficient (Wildman–Crippen LogP) is 2.87. The quantitative estimate of drug-likeness (QED) is 0.632. The Morgan fingerprint density at radius 2 is 1.78 bits per heavy atom. The Morgan fingerprint density at radius 3 is 2.47 bits per heavy atom. The van der Waals surface area contributed by atoms with Crippen LogP contribution in [0.25, 0.3) is 0 Å². The first-order valence-electron chi connectivity index (χ1n) is 10.7. The number of piperidine rings is 1. The fourth-order valence-corrected chi connectivity index (χ4v) is 5.54. The summed E-state index contributed by atoms with van der Waals surface area (Å²) >= 11 is 0. The van der Waals surface area contributed by atoms with E-state index in [2.05, 4.69) is 0 Å². The zero-order valence-electron chi connectivity index (χ0n) is 18.3. The minimum Gasteiger partial charge on any atom is -0.494 e. The maximum Gasteiger partial charge on any atom is 0.243 e. The molecule has 2 aliphatic rings. The second-order valence-corrected chi connectivity index (χ2v) is 9.90. The number of hydrogen-bond acceptors (Lipinski definition) is 6. The van der Waals surface area contributed by atoms with Crippen molar-refractivity contribution in [1.82, 2.24) is 9.21 Å². The fourth-order valence-electron chi connectivity index (χ4n) is 4.07. The van der Waals surface area contributed by atoms with Crippen molar-refractivity contribution in [1.29, 1.82) is 0 Å². The Bertz CT molecular complexity index is 1060. The highest BCUT2D eigenvalue weighted by atomic mass is 32.2. The Labute approximate surface area is 188 Å². The van der Waals surface area contributed by atoms with Gasteiger partial charge < -0.3 is 19.1 Å². The molecule has 1 saturated heterocycles. The summed E-state index contributed by atoms with van der Waals surface area (Å²) in [4.78, 5) is 14.9. The monoisotopic (exact) mass is 460 g/mol. The lowest BCUT2D eigenvalue weighted by molar-refractivity contribution is -0.135. The van der Waals surface area contributed by atoms with Crippen LogP contribution in [-0.2, 0) is 21.4 Å². The summed E-state index contributed by atoms with van der Waals surface area (Å²) in [5, 5.41) is 0. The summed E-state index contributed by atoms with van der Waals surface area (Å²) in [6.45, 7) is 3.72. The van der Waals surface area contributed by atoms with E-state index >= 15 is 0 Å². The van der Waals surface area contributed by atoms with Crippen molar-refractivity contribution >= 4 is 15.9 Å². The van der Waals surface area contributed by atoms with E-state index in [-0.39, 0.29) is 23.5 Å². The van der Waals surface area contributed by atoms with Crippen molar-refractivity contribution in [2.75, 3.05) is 33.5 Å². The van der Waals surface area contributed by atoms with Crippen LogP contribution < -0.4 is 14.2 Å². The summed E-state index contributed by atoms with van der Waals surface area (Å²) in [7, 11) is -1.82. The van der Waals surface area contributed by atoms with Crippen molar-refractivity contribution in [3.05, 3.63) is 48.0 Å². The minimum absolute atomic E-state index is 0.0285. The van der Waals surface area contributed by atoms with Crippen molar-refractivity contribution < 1.29 is 27.4 Å². The highest BCUT2D eigenvalue weighted by Gasteiger charge is 2.33. The molecule has 2 heterocycles. The molecule has 0 atom stereocenters. The van der Waals surface area contributed by atoms with Crippen LogP contribution in [0.15, 0.2) is 47.4 Å². The lowest BCUT2D eigenvalue weighted by Gasteiger charge is -2.32. The van der Waals surface area contributed by atoms with Crippen LogP contribution in [0.5, 0.6) is 17.2 Å². The van der Waals surface area contributed by atoms with E-state index < -0.39 is 10.0 Å². The van der Waals surface area contributed by atoms with Gasteiger partial charge in [-0.3, -0.25) is 4.79 Å². The first-order chi connectivity index (χ1) is 15.4. The Morgan fingerprint density at radius 1 is 1.09 bits per heavy atom. The molecule has 2 aromatic carbocycles. The zero-order chi connectivity index (χ0) is 22.7. The summed E-state index contributed by atoms with van der Waals surface area (Å²) in [6.07, 6.45) is 1.00. The fraction of sp³-hybridized carbons (Fsp3) is 0.435. The van der Waals surface area contributed by atoms with Gasteiger partial charge in [-0.2, -0.15) is 4.31 Å². The molecule has 0 radical (unpaired) electrons. The van der Waals surface area contributed by atoms with Gasteiger partial charge in [0.25, 0.3) is 0 Å². The third-order valence-corrected chi connectivity index (χ3v) is 7.72. The van der Waals surface area contributed by atoms with Crippen LogP contribution >= 0.6 is 0 Å². The van der Waals surface area contributed by atoms with E-state index in [1.165, 1.54) is 4.31 Å². The Balaban J connectivity index is 1.33. The predicted molar refractivity (Wildman–Crippen MR) is 118 cm³/mol. The molecular formula is C23H28N2O6S. The normalized spacial score (nSPS) is 16.7. The van der Waals surface area contributed by atoms with Crippen LogP contribution in [-0.4, -0.2) is 57.1 Å². The molecule has 0 saturated carbocycles. The number of amides is 1. The van der Waals surface area contributed by atoms with Crippen LogP contribution in [0.3, 0.4) is 0 Å². The maximum absolute atomic E-state index is 13.0. The maximum atomic E-state index is 13.0. The summed E-state index contributed by atoms with van der Waals surface area (Å²) < 4.78 is 43.5. The van der Waals surface area contributed by atoms with E-state index in [0.717, 1.165) is 5.56 Å². The molecule has 8 nitrogen and oxygen atoms in total. The molecule has 1 fully saturated rings. The lowest BCUT2D eigenvalue weighted by Crippen LogP contribution is -2.43. The zero-order valence-corrected chi connectivity index (χ0v) is 19.1. The summed E-state index contributed by atoms with van der Waals surface area (Å²) in [5.74, 6) is 1.88. The van der Waals surface area contributed by atoms with Crippen LogP contribution in [0, 0.1) is 5.92 Å². The number of rotatable bonds is 7. The van der Waals surface area contributed by atoms with Gasteiger partial charge in [0.2, 0.25) is 22.7 Å². The summed E-state index contributed by atoms with van der Waals surface area (Å²) in [5.41, 5.74) is 0.959. The van der Waals surface area contributed by atoms with Gasteiger partial charge in [-0.1, -0.05) is 6.07 Å². The molecule has 0 bridgehead atoms. The van der Waals surface area contributed by atoms with Crippen molar-refractivity contribution in [2.45, 2.75) is 31.2 Å². The van der Waals surface area contributed by atoms with Crippen LogP contribution in [0.4, 0.5) is 0 Å². The van der Waals surface area contributed by atoms with E-state index in [4.69, 9.17) is 14.2 Å². The van der Waals surface area contributed by atoms with Crippen molar-refractivity contribution in [3.63, 3.8) is 0 Å². The lowest BCUT2D eigenvalue weighted by atomic mass is 9.96. The first-order valence-corrected chi connectivity index (χ1v) is 12.2. The molecule has 1 amide bonds. The number of carbonyl (C=O) groups excluding carboxylic acids is 1. The number of fused-ring (bicyclic) bond motifs is 1. The van der Waals surface area contributed by atoms with Gasteiger partial charge in [0.05, 0.1) is 11.5 Å². The molecule has 172 valence electrons. The molecule has 0 unspecified atom stereocenters. The van der Waals surface area contributed by atoms with Gasteiger partial charge in [0, 0.05) is 32.6 Å². The SMILES string of the molecule is CCOc1ccc(S(=O)(=O)N2CCC(C(=O)N(C)Cc3ccc4c(c3)OCO4)CC2)cc1.